The maximum absolute atomic E-state index is 12.2. The minimum Gasteiger partial charge on any atom is -0.396 e. The lowest BCUT2D eigenvalue weighted by atomic mass is 9.96. The van der Waals surface area contributed by atoms with E-state index in [2.05, 4.69) is 24.5 Å². The highest BCUT2D eigenvalue weighted by molar-refractivity contribution is 5.74. The van der Waals surface area contributed by atoms with Crippen LogP contribution in [0.5, 0.6) is 0 Å². The van der Waals surface area contributed by atoms with Gasteiger partial charge in [-0.15, -0.1) is 0 Å². The Balaban J connectivity index is 2.69. The lowest BCUT2D eigenvalue weighted by molar-refractivity contribution is 0.213. The lowest BCUT2D eigenvalue weighted by Gasteiger charge is -2.26. The summed E-state index contributed by atoms with van der Waals surface area (Å²) in [5, 5.41) is 15.1. The zero-order valence-electron chi connectivity index (χ0n) is 13.5. The Labute approximate surface area is 128 Å². The lowest BCUT2D eigenvalue weighted by Crippen LogP contribution is -2.46. The summed E-state index contributed by atoms with van der Waals surface area (Å²) in [5.41, 5.74) is 1.10. The van der Waals surface area contributed by atoms with E-state index in [0.29, 0.717) is 12.3 Å². The minimum absolute atomic E-state index is 0.0152. The van der Waals surface area contributed by atoms with Gasteiger partial charge in [0.25, 0.3) is 0 Å². The standard InChI is InChI=1S/C17H28N2O2/c1-12(2)15(10-11-20)18-17(21)19-16(13(3)4)14-8-6-5-7-9-14/h5-9,12-13,15-16,20H,10-11H2,1-4H3,(H2,18,19,21). The number of hydrogen-bond donors (Lipinski definition) is 3. The largest absolute Gasteiger partial charge is 0.396 e. The van der Waals surface area contributed by atoms with Gasteiger partial charge in [0, 0.05) is 12.6 Å². The van der Waals surface area contributed by atoms with E-state index in [9.17, 15) is 4.79 Å². The van der Waals surface area contributed by atoms with E-state index in [1.54, 1.807) is 0 Å². The Morgan fingerprint density at radius 2 is 1.67 bits per heavy atom. The number of carbonyl (C=O) groups excluding carboxylic acids is 1. The zero-order valence-corrected chi connectivity index (χ0v) is 13.5. The van der Waals surface area contributed by atoms with Crippen molar-refractivity contribution in [2.45, 2.75) is 46.2 Å². The predicted molar refractivity (Wildman–Crippen MR) is 86.0 cm³/mol. The average molecular weight is 292 g/mol. The first-order chi connectivity index (χ1) is 9.95. The smallest absolute Gasteiger partial charge is 0.315 e. The monoisotopic (exact) mass is 292 g/mol. The third kappa shape index (κ3) is 5.76. The van der Waals surface area contributed by atoms with Crippen molar-refractivity contribution in [3.63, 3.8) is 0 Å². The van der Waals surface area contributed by atoms with E-state index >= 15 is 0 Å². The van der Waals surface area contributed by atoms with Crippen molar-refractivity contribution in [1.82, 2.24) is 10.6 Å². The van der Waals surface area contributed by atoms with Gasteiger partial charge in [-0.05, 0) is 23.8 Å². The molecule has 0 heterocycles. The molecule has 21 heavy (non-hydrogen) atoms. The van der Waals surface area contributed by atoms with Crippen LogP contribution in [0, 0.1) is 11.8 Å². The molecule has 4 heteroatoms. The van der Waals surface area contributed by atoms with Gasteiger partial charge >= 0.3 is 6.03 Å². The zero-order chi connectivity index (χ0) is 15.8. The fourth-order valence-electron chi connectivity index (χ4n) is 2.36. The molecule has 1 aromatic carbocycles. The highest BCUT2D eigenvalue weighted by Crippen LogP contribution is 2.21. The summed E-state index contributed by atoms with van der Waals surface area (Å²) < 4.78 is 0. The van der Waals surface area contributed by atoms with Crippen LogP contribution in [0.1, 0.15) is 45.7 Å². The second-order valence-corrected chi connectivity index (χ2v) is 6.11. The number of aliphatic hydroxyl groups is 1. The van der Waals surface area contributed by atoms with E-state index in [-0.39, 0.29) is 30.6 Å². The normalized spacial score (nSPS) is 14.0. The minimum atomic E-state index is -0.176. The molecule has 0 spiro atoms. The van der Waals surface area contributed by atoms with Crippen LogP contribution < -0.4 is 10.6 Å². The number of amides is 2. The molecule has 1 aromatic rings. The van der Waals surface area contributed by atoms with Crippen LogP contribution in [0.25, 0.3) is 0 Å². The summed E-state index contributed by atoms with van der Waals surface area (Å²) >= 11 is 0. The Kier molecular flexibility index (Phi) is 7.23. The van der Waals surface area contributed by atoms with E-state index in [4.69, 9.17) is 5.11 Å². The third-order valence-electron chi connectivity index (χ3n) is 3.67. The number of urea groups is 1. The number of hydrogen-bond acceptors (Lipinski definition) is 2. The van der Waals surface area contributed by atoms with Gasteiger partial charge in [-0.3, -0.25) is 0 Å². The van der Waals surface area contributed by atoms with Crippen molar-refractivity contribution in [1.29, 1.82) is 0 Å². The number of rotatable bonds is 7. The molecule has 0 aliphatic rings. The molecule has 118 valence electrons. The summed E-state index contributed by atoms with van der Waals surface area (Å²) in [6, 6.07) is 9.77. The SMILES string of the molecule is CC(C)C(CCO)NC(=O)NC(c1ccccc1)C(C)C. The quantitative estimate of drug-likeness (QED) is 0.723. The van der Waals surface area contributed by atoms with Crippen LogP contribution in [-0.4, -0.2) is 23.8 Å². The first kappa shape index (κ1) is 17.5. The van der Waals surface area contributed by atoms with Gasteiger partial charge in [-0.25, -0.2) is 4.79 Å². The molecule has 0 saturated heterocycles. The molecular formula is C17H28N2O2. The molecule has 4 nitrogen and oxygen atoms in total. The summed E-state index contributed by atoms with van der Waals surface area (Å²) in [6.45, 7) is 8.34. The van der Waals surface area contributed by atoms with Crippen molar-refractivity contribution >= 4 is 6.03 Å². The number of aliphatic hydroxyl groups excluding tert-OH is 1. The van der Waals surface area contributed by atoms with Gasteiger partial charge in [0.2, 0.25) is 0 Å². The van der Waals surface area contributed by atoms with Crippen LogP contribution in [-0.2, 0) is 0 Å². The molecule has 0 aliphatic heterocycles. The molecule has 2 unspecified atom stereocenters. The Morgan fingerprint density at radius 3 is 2.14 bits per heavy atom. The Hall–Kier alpha value is -1.55. The van der Waals surface area contributed by atoms with Gasteiger partial charge in [0.1, 0.15) is 0 Å². The average Bonchev–Trinajstić information content (AvgIpc) is 2.44. The molecular weight excluding hydrogens is 264 g/mol. The van der Waals surface area contributed by atoms with Crippen LogP contribution in [0.3, 0.4) is 0 Å². The fraction of sp³-hybridized carbons (Fsp3) is 0.588. The second-order valence-electron chi connectivity index (χ2n) is 6.11. The summed E-state index contributed by atoms with van der Waals surface area (Å²) in [6.07, 6.45) is 0.572. The van der Waals surface area contributed by atoms with Gasteiger partial charge in [0.15, 0.2) is 0 Å². The molecule has 0 bridgehead atoms. The number of carbonyl (C=O) groups is 1. The van der Waals surface area contributed by atoms with E-state index in [1.165, 1.54) is 0 Å². The number of benzene rings is 1. The molecule has 3 N–H and O–H groups in total. The van der Waals surface area contributed by atoms with Gasteiger partial charge in [-0.1, -0.05) is 58.0 Å². The molecule has 0 radical (unpaired) electrons. The van der Waals surface area contributed by atoms with Crippen LogP contribution in [0.15, 0.2) is 30.3 Å². The first-order valence-electron chi connectivity index (χ1n) is 7.68. The molecule has 0 fully saturated rings. The molecule has 2 amide bonds. The van der Waals surface area contributed by atoms with Crippen molar-refractivity contribution < 1.29 is 9.90 Å². The van der Waals surface area contributed by atoms with Gasteiger partial charge in [-0.2, -0.15) is 0 Å². The summed E-state index contributed by atoms with van der Waals surface area (Å²) in [5.74, 6) is 0.589. The van der Waals surface area contributed by atoms with Crippen molar-refractivity contribution in [3.05, 3.63) is 35.9 Å². The van der Waals surface area contributed by atoms with Crippen molar-refractivity contribution in [2.24, 2.45) is 11.8 Å². The van der Waals surface area contributed by atoms with E-state index < -0.39 is 0 Å². The van der Waals surface area contributed by atoms with Gasteiger partial charge in [0.05, 0.1) is 6.04 Å². The second kappa shape index (κ2) is 8.67. The Bertz CT molecular complexity index is 418. The van der Waals surface area contributed by atoms with Crippen LogP contribution >= 0.6 is 0 Å². The molecule has 0 saturated carbocycles. The van der Waals surface area contributed by atoms with Crippen LogP contribution in [0.2, 0.25) is 0 Å². The first-order valence-corrected chi connectivity index (χ1v) is 7.68. The number of nitrogens with one attached hydrogen (secondary N) is 2. The van der Waals surface area contributed by atoms with E-state index in [0.717, 1.165) is 5.56 Å². The van der Waals surface area contributed by atoms with Crippen molar-refractivity contribution in [2.75, 3.05) is 6.61 Å². The fourth-order valence-corrected chi connectivity index (χ4v) is 2.36. The molecule has 0 aliphatic carbocycles. The molecule has 2 atom stereocenters. The topological polar surface area (TPSA) is 61.4 Å². The van der Waals surface area contributed by atoms with Gasteiger partial charge < -0.3 is 15.7 Å². The van der Waals surface area contributed by atoms with Crippen LogP contribution in [0.4, 0.5) is 4.79 Å². The highest BCUT2D eigenvalue weighted by Gasteiger charge is 2.21. The maximum Gasteiger partial charge on any atom is 0.315 e. The molecule has 0 aromatic heterocycles. The van der Waals surface area contributed by atoms with Crippen molar-refractivity contribution in [3.8, 4) is 0 Å². The Morgan fingerprint density at radius 1 is 1.05 bits per heavy atom. The predicted octanol–water partition coefficient (Wildman–Crippen LogP) is 3.09. The summed E-state index contributed by atoms with van der Waals surface area (Å²) in [7, 11) is 0. The third-order valence-corrected chi connectivity index (χ3v) is 3.67. The highest BCUT2D eigenvalue weighted by atomic mass is 16.3. The summed E-state index contributed by atoms with van der Waals surface area (Å²) in [4.78, 5) is 12.2. The maximum atomic E-state index is 12.2. The molecule has 1 rings (SSSR count). The van der Waals surface area contributed by atoms with E-state index in [1.807, 2.05) is 44.2 Å².